The molecule has 0 bridgehead atoms. The summed E-state index contributed by atoms with van der Waals surface area (Å²) in [5, 5.41) is 39.3. The Hall–Kier alpha value is -1.99. The van der Waals surface area contributed by atoms with E-state index in [1.165, 1.54) is 6.07 Å². The van der Waals surface area contributed by atoms with Gasteiger partial charge in [-0.2, -0.15) is 0 Å². The number of aryl methyl sites for hydroxylation is 2. The molecule has 1 aromatic carbocycles. The Balaban J connectivity index is 1.91. The summed E-state index contributed by atoms with van der Waals surface area (Å²) >= 11 is 0. The summed E-state index contributed by atoms with van der Waals surface area (Å²) in [4.78, 5) is 12.2. The molecular weight excluding hydrogens is 300 g/mol. The fourth-order valence-electron chi connectivity index (χ4n) is 2.82. The van der Waals surface area contributed by atoms with Gasteiger partial charge in [-0.25, -0.2) is 0 Å². The first-order valence-electron chi connectivity index (χ1n) is 7.42. The van der Waals surface area contributed by atoms with Crippen molar-refractivity contribution in [3.05, 3.63) is 69.3 Å². The minimum absolute atomic E-state index is 0.175. The summed E-state index contributed by atoms with van der Waals surface area (Å²) in [7, 11) is 0. The molecule has 1 heterocycles. The van der Waals surface area contributed by atoms with Crippen LogP contribution in [0.1, 0.15) is 34.9 Å². The second-order valence-electron chi connectivity index (χ2n) is 5.71. The van der Waals surface area contributed by atoms with Crippen molar-refractivity contribution in [3.8, 4) is 0 Å². The number of hydrogen-bond acceptors (Lipinski definition) is 6. The van der Waals surface area contributed by atoms with E-state index < -0.39 is 29.8 Å². The van der Waals surface area contributed by atoms with Crippen LogP contribution in [0.4, 0.5) is 0 Å². The van der Waals surface area contributed by atoms with Crippen molar-refractivity contribution in [2.45, 2.75) is 37.3 Å². The highest BCUT2D eigenvalue weighted by atomic mass is 16.4. The lowest BCUT2D eigenvalue weighted by molar-refractivity contribution is -0.128. The molecule has 0 amide bonds. The van der Waals surface area contributed by atoms with Gasteiger partial charge in [0.1, 0.15) is 35.9 Å². The van der Waals surface area contributed by atoms with E-state index in [1.807, 2.05) is 30.3 Å². The minimum Gasteiger partial charge on any atom is -0.463 e. The summed E-state index contributed by atoms with van der Waals surface area (Å²) < 4.78 is 5.52. The Morgan fingerprint density at radius 1 is 0.913 bits per heavy atom. The third-order valence-corrected chi connectivity index (χ3v) is 4.13. The van der Waals surface area contributed by atoms with E-state index in [9.17, 15) is 25.2 Å². The lowest BCUT2D eigenvalue weighted by atomic mass is 9.87. The number of rotatable bonds is 3. The Morgan fingerprint density at radius 2 is 1.57 bits per heavy atom. The van der Waals surface area contributed by atoms with Gasteiger partial charge in [0.25, 0.3) is 0 Å². The van der Waals surface area contributed by atoms with Gasteiger partial charge >= 0.3 is 0 Å². The highest BCUT2D eigenvalue weighted by Crippen LogP contribution is 2.35. The molecule has 0 fully saturated rings. The van der Waals surface area contributed by atoms with Crippen LogP contribution in [0.2, 0.25) is 0 Å². The van der Waals surface area contributed by atoms with Crippen molar-refractivity contribution in [3.63, 3.8) is 0 Å². The van der Waals surface area contributed by atoms with E-state index in [0.717, 1.165) is 5.56 Å². The molecule has 0 saturated carbocycles. The second kappa shape index (κ2) is 6.25. The van der Waals surface area contributed by atoms with Crippen molar-refractivity contribution < 1.29 is 24.8 Å². The number of aliphatic hydroxyl groups is 4. The van der Waals surface area contributed by atoms with E-state index in [-0.39, 0.29) is 11.3 Å². The van der Waals surface area contributed by atoms with Gasteiger partial charge in [0.2, 0.25) is 0 Å². The molecular formula is C17H18O6. The van der Waals surface area contributed by atoms with Crippen LogP contribution < -0.4 is 5.43 Å². The first-order valence-corrected chi connectivity index (χ1v) is 7.42. The first-order chi connectivity index (χ1) is 11.0. The van der Waals surface area contributed by atoms with Gasteiger partial charge in [-0.1, -0.05) is 30.3 Å². The zero-order valence-corrected chi connectivity index (χ0v) is 12.3. The Bertz CT molecular complexity index is 738. The van der Waals surface area contributed by atoms with Crippen LogP contribution >= 0.6 is 0 Å². The SMILES string of the molecule is O=c1cc(CCc2ccccc2)oc2c1C(O)C(O)C(O)C2O. The molecule has 1 aliphatic carbocycles. The molecule has 1 aliphatic rings. The molecule has 6 nitrogen and oxygen atoms in total. The van der Waals surface area contributed by atoms with Crippen LogP contribution in [-0.4, -0.2) is 32.6 Å². The molecule has 0 spiro atoms. The largest absolute Gasteiger partial charge is 0.463 e. The normalized spacial score (nSPS) is 26.8. The second-order valence-corrected chi connectivity index (χ2v) is 5.71. The summed E-state index contributed by atoms with van der Waals surface area (Å²) in [6, 6.07) is 10.9. The van der Waals surface area contributed by atoms with Crippen molar-refractivity contribution in [1.82, 2.24) is 0 Å². The molecule has 3 rings (SSSR count). The van der Waals surface area contributed by atoms with Crippen LogP contribution in [0, 0.1) is 0 Å². The zero-order valence-electron chi connectivity index (χ0n) is 12.3. The van der Waals surface area contributed by atoms with Crippen molar-refractivity contribution >= 4 is 0 Å². The Kier molecular flexibility index (Phi) is 4.32. The predicted octanol–water partition coefficient (Wildman–Crippen LogP) is 0.227. The molecule has 4 unspecified atom stereocenters. The summed E-state index contributed by atoms with van der Waals surface area (Å²) in [6.45, 7) is 0. The van der Waals surface area contributed by atoms with Crippen LogP contribution in [-0.2, 0) is 12.8 Å². The third-order valence-electron chi connectivity index (χ3n) is 4.13. The average Bonchev–Trinajstić information content (AvgIpc) is 2.56. The maximum absolute atomic E-state index is 12.2. The summed E-state index contributed by atoms with van der Waals surface area (Å²) in [5.41, 5.74) is 0.356. The molecule has 4 atom stereocenters. The topological polar surface area (TPSA) is 111 Å². The van der Waals surface area contributed by atoms with Crippen LogP contribution in [0.5, 0.6) is 0 Å². The molecule has 0 aliphatic heterocycles. The smallest absolute Gasteiger partial charge is 0.191 e. The van der Waals surface area contributed by atoms with Gasteiger partial charge in [-0.3, -0.25) is 4.79 Å². The highest BCUT2D eigenvalue weighted by Gasteiger charge is 2.43. The zero-order chi connectivity index (χ0) is 16.6. The lowest BCUT2D eigenvalue weighted by Gasteiger charge is -2.32. The van der Waals surface area contributed by atoms with E-state index >= 15 is 0 Å². The number of benzene rings is 1. The number of hydrogen-bond donors (Lipinski definition) is 4. The van der Waals surface area contributed by atoms with Gasteiger partial charge in [0.15, 0.2) is 5.43 Å². The quantitative estimate of drug-likeness (QED) is 0.644. The fourth-order valence-corrected chi connectivity index (χ4v) is 2.82. The molecule has 0 saturated heterocycles. The summed E-state index contributed by atoms with van der Waals surface area (Å²) in [6.07, 6.45) is -5.28. The molecule has 122 valence electrons. The van der Waals surface area contributed by atoms with Crippen LogP contribution in [0.3, 0.4) is 0 Å². The first kappa shape index (κ1) is 15.9. The standard InChI is InChI=1S/C17H18O6/c18-11-8-10(7-6-9-4-2-1-3-5-9)23-17-12(11)13(19)14(20)15(21)16(17)22/h1-5,8,13-16,19-22H,6-7H2. The van der Waals surface area contributed by atoms with E-state index in [1.54, 1.807) is 0 Å². The molecule has 1 aromatic heterocycles. The summed E-state index contributed by atoms with van der Waals surface area (Å²) in [5.74, 6) is 0.179. The van der Waals surface area contributed by atoms with Gasteiger partial charge in [-0.05, 0) is 12.0 Å². The maximum atomic E-state index is 12.2. The number of aliphatic hydroxyl groups excluding tert-OH is 4. The Labute approximate surface area is 132 Å². The van der Waals surface area contributed by atoms with Crippen molar-refractivity contribution in [2.24, 2.45) is 0 Å². The molecule has 4 N–H and O–H groups in total. The highest BCUT2D eigenvalue weighted by molar-refractivity contribution is 5.29. The van der Waals surface area contributed by atoms with E-state index in [4.69, 9.17) is 4.42 Å². The lowest BCUT2D eigenvalue weighted by Crippen LogP contribution is -2.44. The van der Waals surface area contributed by atoms with Gasteiger partial charge in [0, 0.05) is 12.5 Å². The van der Waals surface area contributed by atoms with E-state index in [2.05, 4.69) is 0 Å². The number of fused-ring (bicyclic) bond motifs is 1. The van der Waals surface area contributed by atoms with Crippen molar-refractivity contribution in [1.29, 1.82) is 0 Å². The molecule has 6 heteroatoms. The fraction of sp³-hybridized carbons (Fsp3) is 0.353. The van der Waals surface area contributed by atoms with Crippen molar-refractivity contribution in [2.75, 3.05) is 0 Å². The predicted molar refractivity (Wildman–Crippen MR) is 80.8 cm³/mol. The van der Waals surface area contributed by atoms with Gasteiger partial charge in [-0.15, -0.1) is 0 Å². The molecule has 0 radical (unpaired) electrons. The van der Waals surface area contributed by atoms with Crippen LogP contribution in [0.15, 0.2) is 45.6 Å². The third kappa shape index (κ3) is 2.94. The van der Waals surface area contributed by atoms with E-state index in [0.29, 0.717) is 18.6 Å². The average molecular weight is 318 g/mol. The Morgan fingerprint density at radius 3 is 2.26 bits per heavy atom. The van der Waals surface area contributed by atoms with Gasteiger partial charge < -0.3 is 24.8 Å². The minimum atomic E-state index is -1.63. The van der Waals surface area contributed by atoms with Gasteiger partial charge in [0.05, 0.1) is 5.56 Å². The molecule has 2 aromatic rings. The maximum Gasteiger partial charge on any atom is 0.191 e. The molecule has 23 heavy (non-hydrogen) atoms. The monoisotopic (exact) mass is 318 g/mol. The van der Waals surface area contributed by atoms with Crippen LogP contribution in [0.25, 0.3) is 0 Å².